The van der Waals surface area contributed by atoms with Gasteiger partial charge in [-0.3, -0.25) is 9.69 Å². The third kappa shape index (κ3) is 5.38. The SMILES string of the molecule is CCCCCCCCN1CCCC1C(=O)OCC. The molecule has 106 valence electrons. The zero-order chi connectivity index (χ0) is 13.2. The maximum atomic E-state index is 11.8. The fourth-order valence-corrected chi connectivity index (χ4v) is 2.69. The Bertz CT molecular complexity index is 231. The minimum absolute atomic E-state index is 0.0130. The second-order valence-corrected chi connectivity index (χ2v) is 5.21. The summed E-state index contributed by atoms with van der Waals surface area (Å²) in [6, 6.07) is 0.0422. The summed E-state index contributed by atoms with van der Waals surface area (Å²) in [6.07, 6.45) is 10.00. The summed E-state index contributed by atoms with van der Waals surface area (Å²) in [6.45, 7) is 6.76. The van der Waals surface area contributed by atoms with Gasteiger partial charge >= 0.3 is 5.97 Å². The number of carbonyl (C=O) groups excluding carboxylic acids is 1. The monoisotopic (exact) mass is 255 g/mol. The number of ether oxygens (including phenoxy) is 1. The molecule has 3 nitrogen and oxygen atoms in total. The van der Waals surface area contributed by atoms with Gasteiger partial charge in [-0.25, -0.2) is 0 Å². The lowest BCUT2D eigenvalue weighted by atomic mass is 10.1. The molecule has 0 radical (unpaired) electrons. The highest BCUT2D eigenvalue weighted by molar-refractivity contribution is 5.76. The number of likely N-dealkylation sites (tertiary alicyclic amines) is 1. The highest BCUT2D eigenvalue weighted by Gasteiger charge is 2.30. The van der Waals surface area contributed by atoms with Gasteiger partial charge in [-0.05, 0) is 39.3 Å². The van der Waals surface area contributed by atoms with Crippen LogP contribution in [-0.2, 0) is 9.53 Å². The maximum Gasteiger partial charge on any atom is 0.323 e. The van der Waals surface area contributed by atoms with Crippen molar-refractivity contribution in [3.05, 3.63) is 0 Å². The molecule has 0 aromatic carbocycles. The van der Waals surface area contributed by atoms with Gasteiger partial charge in [-0.1, -0.05) is 39.0 Å². The Morgan fingerprint density at radius 2 is 1.89 bits per heavy atom. The van der Waals surface area contributed by atoms with Crippen molar-refractivity contribution in [2.24, 2.45) is 0 Å². The Hall–Kier alpha value is -0.570. The van der Waals surface area contributed by atoms with Crippen molar-refractivity contribution in [1.82, 2.24) is 4.90 Å². The molecule has 1 heterocycles. The highest BCUT2D eigenvalue weighted by atomic mass is 16.5. The first-order valence-electron chi connectivity index (χ1n) is 7.70. The van der Waals surface area contributed by atoms with Crippen molar-refractivity contribution in [2.75, 3.05) is 19.7 Å². The van der Waals surface area contributed by atoms with Gasteiger partial charge in [0.15, 0.2) is 0 Å². The second-order valence-electron chi connectivity index (χ2n) is 5.21. The van der Waals surface area contributed by atoms with E-state index in [0.717, 1.165) is 25.9 Å². The topological polar surface area (TPSA) is 29.5 Å². The Kier molecular flexibility index (Phi) is 8.06. The molecule has 0 aromatic heterocycles. The van der Waals surface area contributed by atoms with Crippen LogP contribution < -0.4 is 0 Å². The summed E-state index contributed by atoms with van der Waals surface area (Å²) in [5, 5.41) is 0. The van der Waals surface area contributed by atoms with Crippen LogP contribution in [0.3, 0.4) is 0 Å². The molecule has 0 saturated carbocycles. The van der Waals surface area contributed by atoms with Crippen LogP contribution >= 0.6 is 0 Å². The Morgan fingerprint density at radius 3 is 2.61 bits per heavy atom. The van der Waals surface area contributed by atoms with Crippen LogP contribution in [0.5, 0.6) is 0 Å². The van der Waals surface area contributed by atoms with E-state index in [2.05, 4.69) is 11.8 Å². The van der Waals surface area contributed by atoms with E-state index in [1.807, 2.05) is 6.92 Å². The number of nitrogens with zero attached hydrogens (tertiary/aromatic N) is 1. The number of hydrogen-bond acceptors (Lipinski definition) is 3. The van der Waals surface area contributed by atoms with Crippen molar-refractivity contribution in [2.45, 2.75) is 71.3 Å². The average molecular weight is 255 g/mol. The van der Waals surface area contributed by atoms with Gasteiger partial charge in [-0.2, -0.15) is 0 Å². The van der Waals surface area contributed by atoms with E-state index in [9.17, 15) is 4.79 Å². The number of hydrogen-bond donors (Lipinski definition) is 0. The van der Waals surface area contributed by atoms with Gasteiger partial charge in [0.25, 0.3) is 0 Å². The first-order chi connectivity index (χ1) is 8.79. The molecule has 0 N–H and O–H groups in total. The molecule has 0 amide bonds. The van der Waals surface area contributed by atoms with Crippen molar-refractivity contribution >= 4 is 5.97 Å². The first kappa shape index (κ1) is 15.5. The van der Waals surface area contributed by atoms with Gasteiger partial charge in [-0.15, -0.1) is 0 Å². The van der Waals surface area contributed by atoms with Crippen LogP contribution in [0.25, 0.3) is 0 Å². The second kappa shape index (κ2) is 9.37. The summed E-state index contributed by atoms with van der Waals surface area (Å²) >= 11 is 0. The molecule has 1 aliphatic heterocycles. The van der Waals surface area contributed by atoms with Crippen molar-refractivity contribution in [3.63, 3.8) is 0 Å². The quantitative estimate of drug-likeness (QED) is 0.467. The van der Waals surface area contributed by atoms with Crippen molar-refractivity contribution < 1.29 is 9.53 Å². The van der Waals surface area contributed by atoms with E-state index in [0.29, 0.717) is 6.61 Å². The first-order valence-corrected chi connectivity index (χ1v) is 7.70. The highest BCUT2D eigenvalue weighted by Crippen LogP contribution is 2.19. The summed E-state index contributed by atoms with van der Waals surface area (Å²) < 4.78 is 5.13. The zero-order valence-electron chi connectivity index (χ0n) is 12.1. The Morgan fingerprint density at radius 1 is 1.17 bits per heavy atom. The molecular formula is C15H29NO2. The summed E-state index contributed by atoms with van der Waals surface area (Å²) in [5.74, 6) is -0.0130. The van der Waals surface area contributed by atoms with Gasteiger partial charge in [0.1, 0.15) is 6.04 Å². The molecule has 1 saturated heterocycles. The van der Waals surface area contributed by atoms with Crippen LogP contribution in [0.2, 0.25) is 0 Å². The smallest absolute Gasteiger partial charge is 0.323 e. The Labute approximate surface area is 112 Å². The van der Waals surface area contributed by atoms with E-state index in [-0.39, 0.29) is 12.0 Å². The van der Waals surface area contributed by atoms with Crippen LogP contribution in [-0.4, -0.2) is 36.6 Å². The minimum atomic E-state index is -0.0130. The van der Waals surface area contributed by atoms with Crippen LogP contribution in [0, 0.1) is 0 Å². The van der Waals surface area contributed by atoms with Gasteiger partial charge in [0, 0.05) is 0 Å². The van der Waals surface area contributed by atoms with E-state index >= 15 is 0 Å². The predicted octanol–water partition coefficient (Wildman–Crippen LogP) is 3.37. The number of rotatable bonds is 9. The normalized spacial score (nSPS) is 20.2. The zero-order valence-corrected chi connectivity index (χ0v) is 12.1. The third-order valence-corrected chi connectivity index (χ3v) is 3.72. The van der Waals surface area contributed by atoms with Crippen molar-refractivity contribution in [1.29, 1.82) is 0 Å². The fraction of sp³-hybridized carbons (Fsp3) is 0.933. The van der Waals surface area contributed by atoms with E-state index in [4.69, 9.17) is 4.74 Å². The molecule has 0 aliphatic carbocycles. The molecule has 1 rings (SSSR count). The lowest BCUT2D eigenvalue weighted by Gasteiger charge is -2.22. The molecule has 1 atom stereocenters. The Balaban J connectivity index is 2.14. The maximum absolute atomic E-state index is 11.8. The molecule has 0 bridgehead atoms. The lowest BCUT2D eigenvalue weighted by Crippen LogP contribution is -2.37. The molecule has 0 spiro atoms. The van der Waals surface area contributed by atoms with Crippen LogP contribution in [0.15, 0.2) is 0 Å². The van der Waals surface area contributed by atoms with Crippen LogP contribution in [0.1, 0.15) is 65.2 Å². The van der Waals surface area contributed by atoms with E-state index < -0.39 is 0 Å². The summed E-state index contributed by atoms with van der Waals surface area (Å²) in [7, 11) is 0. The van der Waals surface area contributed by atoms with E-state index in [1.54, 1.807) is 0 Å². The number of esters is 1. The molecular weight excluding hydrogens is 226 g/mol. The van der Waals surface area contributed by atoms with Gasteiger partial charge in [0.05, 0.1) is 6.61 Å². The molecule has 18 heavy (non-hydrogen) atoms. The van der Waals surface area contributed by atoms with Gasteiger partial charge in [0.2, 0.25) is 0 Å². The standard InChI is InChI=1S/C15H29NO2/c1-3-5-6-7-8-9-12-16-13-10-11-14(16)15(17)18-4-2/h14H,3-13H2,1-2H3. The molecule has 3 heteroatoms. The predicted molar refractivity (Wildman–Crippen MR) is 74.6 cm³/mol. The number of unbranched alkanes of at least 4 members (excludes halogenated alkanes) is 5. The minimum Gasteiger partial charge on any atom is -0.465 e. The average Bonchev–Trinajstić information content (AvgIpc) is 2.82. The molecule has 1 unspecified atom stereocenters. The molecule has 1 fully saturated rings. The summed E-state index contributed by atoms with van der Waals surface area (Å²) in [4.78, 5) is 14.1. The van der Waals surface area contributed by atoms with Crippen LogP contribution in [0.4, 0.5) is 0 Å². The van der Waals surface area contributed by atoms with Crippen molar-refractivity contribution in [3.8, 4) is 0 Å². The number of carbonyl (C=O) groups is 1. The molecule has 0 aromatic rings. The fourth-order valence-electron chi connectivity index (χ4n) is 2.69. The molecule has 1 aliphatic rings. The van der Waals surface area contributed by atoms with Gasteiger partial charge < -0.3 is 4.74 Å². The third-order valence-electron chi connectivity index (χ3n) is 3.72. The summed E-state index contributed by atoms with van der Waals surface area (Å²) in [5.41, 5.74) is 0. The largest absolute Gasteiger partial charge is 0.465 e. The lowest BCUT2D eigenvalue weighted by molar-refractivity contribution is -0.148. The van der Waals surface area contributed by atoms with E-state index in [1.165, 1.54) is 38.5 Å².